The summed E-state index contributed by atoms with van der Waals surface area (Å²) in [4.78, 5) is 14.9. The highest BCUT2D eigenvalue weighted by Crippen LogP contribution is 2.17. The molecule has 6 nitrogen and oxygen atoms in total. The summed E-state index contributed by atoms with van der Waals surface area (Å²) in [5.74, 6) is -0.127. The molecule has 29 heavy (non-hydrogen) atoms. The number of sulfonamides is 1. The third-order valence-corrected chi connectivity index (χ3v) is 5.43. The van der Waals surface area contributed by atoms with Gasteiger partial charge in [0, 0.05) is 12.6 Å². The van der Waals surface area contributed by atoms with Gasteiger partial charge < -0.3 is 5.32 Å². The van der Waals surface area contributed by atoms with Crippen LogP contribution in [-0.4, -0.2) is 51.2 Å². The second-order valence-electron chi connectivity index (χ2n) is 7.08. The Hall–Kier alpha value is -2.38. The number of rotatable bonds is 11. The van der Waals surface area contributed by atoms with E-state index in [4.69, 9.17) is 0 Å². The number of hydrogen-bond acceptors (Lipinski definition) is 4. The van der Waals surface area contributed by atoms with Crippen LogP contribution in [0.1, 0.15) is 25.0 Å². The smallest absolute Gasteiger partial charge is 0.229 e. The van der Waals surface area contributed by atoms with E-state index in [0.717, 1.165) is 25.8 Å². The van der Waals surface area contributed by atoms with E-state index < -0.39 is 10.0 Å². The normalized spacial score (nSPS) is 12.6. The molecule has 158 valence electrons. The third kappa shape index (κ3) is 7.87. The predicted octanol–water partition coefficient (Wildman–Crippen LogP) is 2.67. The third-order valence-electron chi connectivity index (χ3n) is 4.84. The van der Waals surface area contributed by atoms with Crippen molar-refractivity contribution in [1.29, 1.82) is 0 Å². The van der Waals surface area contributed by atoms with E-state index in [-0.39, 0.29) is 18.4 Å². The van der Waals surface area contributed by atoms with Crippen molar-refractivity contribution < 1.29 is 13.2 Å². The predicted molar refractivity (Wildman–Crippen MR) is 118 cm³/mol. The quantitative estimate of drug-likeness (QED) is 0.589. The SMILES string of the molecule is CCN(CC)C(CNC(=O)Cc1ccccc1NS(C)(=O)=O)Cc1ccccc1. The van der Waals surface area contributed by atoms with Gasteiger partial charge in [-0.3, -0.25) is 14.4 Å². The molecular weight excluding hydrogens is 386 g/mol. The molecule has 0 bridgehead atoms. The van der Waals surface area contributed by atoms with Crippen molar-refractivity contribution in [3.63, 3.8) is 0 Å². The van der Waals surface area contributed by atoms with Gasteiger partial charge in [-0.1, -0.05) is 62.4 Å². The fraction of sp³-hybridized carbons (Fsp3) is 0.409. The van der Waals surface area contributed by atoms with E-state index >= 15 is 0 Å². The maximum atomic E-state index is 12.6. The van der Waals surface area contributed by atoms with Crippen molar-refractivity contribution in [3.8, 4) is 0 Å². The lowest BCUT2D eigenvalue weighted by Gasteiger charge is -2.30. The topological polar surface area (TPSA) is 78.5 Å². The molecule has 0 saturated heterocycles. The van der Waals surface area contributed by atoms with Crippen LogP contribution in [0.15, 0.2) is 54.6 Å². The molecule has 0 aliphatic heterocycles. The highest BCUT2D eigenvalue weighted by atomic mass is 32.2. The minimum Gasteiger partial charge on any atom is -0.354 e. The summed E-state index contributed by atoms with van der Waals surface area (Å²) in [6.07, 6.45) is 2.08. The van der Waals surface area contributed by atoms with Crippen LogP contribution in [0.5, 0.6) is 0 Å². The fourth-order valence-electron chi connectivity index (χ4n) is 3.40. The Morgan fingerprint density at radius 2 is 1.62 bits per heavy atom. The number of nitrogens with one attached hydrogen (secondary N) is 2. The highest BCUT2D eigenvalue weighted by molar-refractivity contribution is 7.92. The van der Waals surface area contributed by atoms with Crippen molar-refractivity contribution in [2.24, 2.45) is 0 Å². The van der Waals surface area contributed by atoms with Gasteiger partial charge in [0.2, 0.25) is 15.9 Å². The summed E-state index contributed by atoms with van der Waals surface area (Å²) < 4.78 is 25.6. The van der Waals surface area contributed by atoms with Gasteiger partial charge in [0.1, 0.15) is 0 Å². The molecule has 0 spiro atoms. The van der Waals surface area contributed by atoms with Crippen molar-refractivity contribution in [2.75, 3.05) is 30.6 Å². The molecule has 0 aromatic heterocycles. The highest BCUT2D eigenvalue weighted by Gasteiger charge is 2.18. The van der Waals surface area contributed by atoms with Gasteiger partial charge in [-0.25, -0.2) is 8.42 Å². The molecule has 0 aliphatic rings. The lowest BCUT2D eigenvalue weighted by atomic mass is 10.0. The monoisotopic (exact) mass is 417 g/mol. The molecule has 2 aromatic carbocycles. The van der Waals surface area contributed by atoms with E-state index in [9.17, 15) is 13.2 Å². The zero-order valence-corrected chi connectivity index (χ0v) is 18.2. The molecule has 0 aliphatic carbocycles. The Balaban J connectivity index is 2.03. The molecule has 0 saturated carbocycles. The van der Waals surface area contributed by atoms with E-state index in [1.54, 1.807) is 24.3 Å². The fourth-order valence-corrected chi connectivity index (χ4v) is 4.00. The Kier molecular flexibility index (Phi) is 8.67. The molecule has 7 heteroatoms. The van der Waals surface area contributed by atoms with Crippen LogP contribution in [0.25, 0.3) is 0 Å². The Morgan fingerprint density at radius 1 is 1.00 bits per heavy atom. The molecule has 1 atom stereocenters. The van der Waals surface area contributed by atoms with Crippen LogP contribution in [0, 0.1) is 0 Å². The first-order valence-corrected chi connectivity index (χ1v) is 11.8. The van der Waals surface area contributed by atoms with Crippen molar-refractivity contribution in [3.05, 3.63) is 65.7 Å². The van der Waals surface area contributed by atoms with Crippen molar-refractivity contribution in [2.45, 2.75) is 32.7 Å². The number of anilines is 1. The van der Waals surface area contributed by atoms with Crippen LogP contribution in [-0.2, 0) is 27.7 Å². The summed E-state index contributed by atoms with van der Waals surface area (Å²) >= 11 is 0. The van der Waals surface area contributed by atoms with Gasteiger partial charge in [-0.15, -0.1) is 0 Å². The molecule has 0 heterocycles. The maximum Gasteiger partial charge on any atom is 0.229 e. The standard InChI is InChI=1S/C22H31N3O3S/c1-4-25(5-2)20(15-18-11-7-6-8-12-18)17-23-22(26)16-19-13-9-10-14-21(19)24-29(3,27)28/h6-14,20,24H,4-5,15-17H2,1-3H3,(H,23,26). The van der Waals surface area contributed by atoms with Gasteiger partial charge in [0.05, 0.1) is 18.4 Å². The number of carbonyl (C=O) groups excluding carboxylic acids is 1. The molecular formula is C22H31N3O3S. The van der Waals surface area contributed by atoms with Gasteiger partial charge in [0.25, 0.3) is 0 Å². The van der Waals surface area contributed by atoms with Crippen LogP contribution >= 0.6 is 0 Å². The van der Waals surface area contributed by atoms with E-state index in [0.29, 0.717) is 17.8 Å². The minimum absolute atomic E-state index is 0.120. The second kappa shape index (κ2) is 11.0. The minimum atomic E-state index is -3.40. The zero-order valence-electron chi connectivity index (χ0n) is 17.4. The molecule has 1 unspecified atom stereocenters. The second-order valence-corrected chi connectivity index (χ2v) is 8.83. The number of hydrogen-bond donors (Lipinski definition) is 2. The summed E-state index contributed by atoms with van der Waals surface area (Å²) in [6.45, 7) is 6.60. The Labute approximate surface area is 174 Å². The average molecular weight is 418 g/mol. The Morgan fingerprint density at radius 3 is 2.24 bits per heavy atom. The maximum absolute atomic E-state index is 12.6. The van der Waals surface area contributed by atoms with Crippen LogP contribution in [0.2, 0.25) is 0 Å². The largest absolute Gasteiger partial charge is 0.354 e. The number of carbonyl (C=O) groups is 1. The number of likely N-dealkylation sites (N-methyl/N-ethyl adjacent to an activating group) is 1. The van der Waals surface area contributed by atoms with Crippen LogP contribution < -0.4 is 10.0 Å². The summed E-state index contributed by atoms with van der Waals surface area (Å²) in [6, 6.07) is 17.4. The van der Waals surface area contributed by atoms with Crippen molar-refractivity contribution in [1.82, 2.24) is 10.2 Å². The summed E-state index contributed by atoms with van der Waals surface area (Å²) in [5.41, 5.74) is 2.33. The molecule has 1 amide bonds. The van der Waals surface area contributed by atoms with E-state index in [1.165, 1.54) is 5.56 Å². The summed E-state index contributed by atoms with van der Waals surface area (Å²) in [7, 11) is -3.40. The molecule has 0 radical (unpaired) electrons. The first kappa shape index (κ1) is 22.9. The number of para-hydroxylation sites is 1. The number of benzene rings is 2. The molecule has 2 N–H and O–H groups in total. The molecule has 2 aromatic rings. The first-order chi connectivity index (χ1) is 13.8. The van der Waals surface area contributed by atoms with Crippen LogP contribution in [0.4, 0.5) is 5.69 Å². The van der Waals surface area contributed by atoms with E-state index in [1.807, 2.05) is 18.2 Å². The summed E-state index contributed by atoms with van der Waals surface area (Å²) in [5, 5.41) is 3.03. The lowest BCUT2D eigenvalue weighted by molar-refractivity contribution is -0.120. The zero-order chi connectivity index (χ0) is 21.3. The van der Waals surface area contributed by atoms with Gasteiger partial charge in [-0.2, -0.15) is 0 Å². The van der Waals surface area contributed by atoms with E-state index in [2.05, 4.69) is 40.9 Å². The molecule has 2 rings (SSSR count). The van der Waals surface area contributed by atoms with Gasteiger partial charge in [-0.05, 0) is 36.7 Å². The average Bonchev–Trinajstić information content (AvgIpc) is 2.68. The first-order valence-electron chi connectivity index (χ1n) is 9.92. The van der Waals surface area contributed by atoms with Crippen molar-refractivity contribution >= 4 is 21.6 Å². The number of nitrogens with zero attached hydrogens (tertiary/aromatic N) is 1. The lowest BCUT2D eigenvalue weighted by Crippen LogP contribution is -2.45. The van der Waals surface area contributed by atoms with Crippen LogP contribution in [0.3, 0.4) is 0 Å². The Bertz CT molecular complexity index is 881. The molecule has 0 fully saturated rings. The van der Waals surface area contributed by atoms with Gasteiger partial charge in [0.15, 0.2) is 0 Å². The number of amides is 1. The van der Waals surface area contributed by atoms with Gasteiger partial charge >= 0.3 is 0 Å².